The molecule has 0 heterocycles. The molecule has 0 unspecified atom stereocenters. The Bertz CT molecular complexity index is 922. The first-order valence-corrected chi connectivity index (χ1v) is 17.3. The van der Waals surface area contributed by atoms with E-state index < -0.39 is 0 Å². The van der Waals surface area contributed by atoms with Crippen LogP contribution < -0.4 is 0 Å². The Morgan fingerprint density at radius 2 is 1.18 bits per heavy atom. The summed E-state index contributed by atoms with van der Waals surface area (Å²) in [5.74, 6) is 1.41. The first-order valence-electron chi connectivity index (χ1n) is 11.4. The molecular formula is C28H40W12. The first-order chi connectivity index (χ1) is 14.4. The van der Waals surface area contributed by atoms with Crippen molar-refractivity contribution in [1.82, 2.24) is 0 Å². The van der Waals surface area contributed by atoms with Crippen molar-refractivity contribution in [1.29, 1.82) is 0 Å². The number of allylic oxidation sites excluding steroid dienone is 8. The number of hydrogen-bond donors (Lipinski definition) is 0. The molecule has 0 saturated carbocycles. The summed E-state index contributed by atoms with van der Waals surface area (Å²) >= 11 is 6.45. The normalized spacial score (nSPS) is 15.6. The van der Waals surface area contributed by atoms with Crippen LogP contribution in [0.3, 0.4) is 0 Å². The van der Waals surface area contributed by atoms with Gasteiger partial charge in [0.1, 0.15) is 0 Å². The zero-order chi connectivity index (χ0) is 25.0. The van der Waals surface area contributed by atoms with Gasteiger partial charge >= 0.3 is 244 Å². The molecule has 0 saturated heterocycles. The molecule has 224 valence electrons. The van der Waals surface area contributed by atoms with Crippen molar-refractivity contribution in [2.24, 2.45) is 22.7 Å². The summed E-state index contributed by atoms with van der Waals surface area (Å²) in [5, 5.41) is 0. The van der Waals surface area contributed by atoms with Crippen molar-refractivity contribution in [3.8, 4) is 0 Å². The van der Waals surface area contributed by atoms with Gasteiger partial charge in [-0.1, -0.05) is 0 Å². The van der Waals surface area contributed by atoms with Gasteiger partial charge in [-0.25, -0.2) is 0 Å². The van der Waals surface area contributed by atoms with Crippen LogP contribution in [-0.2, 0) is 246 Å². The van der Waals surface area contributed by atoms with Crippen LogP contribution in [0, 0.1) is 22.7 Å². The summed E-state index contributed by atoms with van der Waals surface area (Å²) in [5.41, 5.74) is 6.90. The van der Waals surface area contributed by atoms with Gasteiger partial charge in [-0.05, 0) is 0 Å². The van der Waals surface area contributed by atoms with Gasteiger partial charge in [-0.15, -0.1) is 0 Å². The second-order valence-corrected chi connectivity index (χ2v) is 18.0. The van der Waals surface area contributed by atoms with Gasteiger partial charge in [-0.3, -0.25) is 0 Å². The summed E-state index contributed by atoms with van der Waals surface area (Å²) in [6, 6.07) is 0. The molecule has 0 atom stereocenters. The predicted octanol–water partition coefficient (Wildman–Crippen LogP) is 6.75. The molecule has 0 aromatic heterocycles. The van der Waals surface area contributed by atoms with Crippen LogP contribution in [0.25, 0.3) is 0 Å². The molecular weight excluding hydrogens is 2540 g/mol. The Morgan fingerprint density at radius 1 is 0.725 bits per heavy atom. The monoisotopic (exact) mass is 2580 g/mol. The molecule has 40 heavy (non-hydrogen) atoms. The van der Waals surface area contributed by atoms with Gasteiger partial charge in [0.25, 0.3) is 0 Å². The van der Waals surface area contributed by atoms with E-state index in [-0.39, 0.29) is 169 Å². The third-order valence-electron chi connectivity index (χ3n) is 5.65. The summed E-state index contributed by atoms with van der Waals surface area (Å²) < 4.78 is 6.30. The molecule has 2 rings (SSSR count). The summed E-state index contributed by atoms with van der Waals surface area (Å²) in [6.45, 7) is 23.0. The fourth-order valence-electron chi connectivity index (χ4n) is 3.01. The van der Waals surface area contributed by atoms with Gasteiger partial charge in [0.05, 0.1) is 0 Å². The molecule has 0 radical (unpaired) electrons. The second kappa shape index (κ2) is 30.5. The minimum absolute atomic E-state index is 0. The third-order valence-corrected chi connectivity index (χ3v) is 13.1. The minimum atomic E-state index is 0. The average Bonchev–Trinajstić information content (AvgIpc) is 3.18. The number of rotatable bonds is 4. The van der Waals surface area contributed by atoms with Crippen molar-refractivity contribution in [3.05, 3.63) is 46.6 Å². The van der Waals surface area contributed by atoms with E-state index in [1.54, 1.807) is 110 Å². The van der Waals surface area contributed by atoms with Crippen LogP contribution in [0.15, 0.2) is 46.6 Å². The van der Waals surface area contributed by atoms with Crippen molar-refractivity contribution in [2.75, 3.05) is 0 Å². The summed E-state index contributed by atoms with van der Waals surface area (Å²) in [4.78, 5) is 0. The molecule has 0 amide bonds. The van der Waals surface area contributed by atoms with Crippen LogP contribution in [-0.4, -0.2) is 15.6 Å². The van der Waals surface area contributed by atoms with Gasteiger partial charge in [0.2, 0.25) is 0 Å². The number of hydrogen-bond acceptors (Lipinski definition) is 0. The van der Waals surface area contributed by atoms with Gasteiger partial charge < -0.3 is 0 Å². The maximum Gasteiger partial charge on any atom is 0 e. The largest absolute Gasteiger partial charge is 0 e. The van der Waals surface area contributed by atoms with Crippen molar-refractivity contribution >= 4 is 15.6 Å². The average molecular weight is 2580 g/mol. The van der Waals surface area contributed by atoms with Crippen LogP contribution >= 0.6 is 0 Å². The molecule has 0 nitrogen and oxygen atoms in total. The maximum absolute atomic E-state index is 2.44. The van der Waals surface area contributed by atoms with Crippen LogP contribution in [0.1, 0.15) is 82.1 Å². The van der Waals surface area contributed by atoms with Crippen molar-refractivity contribution in [2.45, 2.75) is 82.1 Å². The SMILES string of the molecule is CC(C)(C)[C](=[W])C=C1C=C(C(C)(C)C)C[C]1=[W].CC(C)[C](=[W])C=C1CC(C(C)C)=C[C]1=[W].[W].[W].[W].[W].[W].[W].[W].[W]. The topological polar surface area (TPSA) is 0 Å². The van der Waals surface area contributed by atoms with E-state index in [0.717, 1.165) is 0 Å². The Balaban J connectivity index is -0.0000000714. The van der Waals surface area contributed by atoms with Gasteiger partial charge in [0, 0.05) is 169 Å². The summed E-state index contributed by atoms with van der Waals surface area (Å²) in [7, 11) is 0. The van der Waals surface area contributed by atoms with Crippen molar-refractivity contribution < 1.29 is 246 Å². The van der Waals surface area contributed by atoms with Crippen LogP contribution in [0.4, 0.5) is 0 Å². The smallest absolute Gasteiger partial charge is 0 e. The third kappa shape index (κ3) is 24.8. The molecule has 0 N–H and O–H groups in total. The molecule has 0 aromatic carbocycles. The summed E-state index contributed by atoms with van der Waals surface area (Å²) in [6.07, 6.45) is 12.1. The Morgan fingerprint density at radius 3 is 1.48 bits per heavy atom. The molecule has 12 heteroatoms. The fourth-order valence-corrected chi connectivity index (χ4v) is 5.97. The van der Waals surface area contributed by atoms with Crippen LogP contribution in [0.5, 0.6) is 0 Å². The standard InChI is InChI=1S/C15H22.C13H18.12W/c1-14(2,3)10-9-12-7-8-13(11-12)15(4,5)6;1-10(2)5-6-12-7-8-13(9-12)11(3)4;;;;;;;;;;;;/h9,11H,8H2,1-6H3;6,8,10-11H,9H2,1-4H3;;;;;;;;;;;;. The minimum Gasteiger partial charge on any atom is 0 e. The van der Waals surface area contributed by atoms with E-state index in [2.05, 4.69) is 93.5 Å². The predicted molar refractivity (Wildman–Crippen MR) is 130 cm³/mol. The van der Waals surface area contributed by atoms with Gasteiger partial charge in [0.15, 0.2) is 0 Å². The molecule has 0 aromatic rings. The molecule has 0 aliphatic heterocycles. The van der Waals surface area contributed by atoms with Gasteiger partial charge in [-0.2, -0.15) is 0 Å². The molecule has 0 fully saturated rings. The van der Waals surface area contributed by atoms with E-state index in [1.165, 1.54) is 18.4 Å². The molecule has 0 spiro atoms. The molecule has 2 aliphatic rings. The van der Waals surface area contributed by atoms with E-state index in [4.69, 9.17) is 0 Å². The van der Waals surface area contributed by atoms with E-state index in [0.29, 0.717) is 22.7 Å². The Hall–Kier alpha value is 6.70. The quantitative estimate of drug-likeness (QED) is 0.293. The van der Waals surface area contributed by atoms with E-state index >= 15 is 0 Å². The second-order valence-electron chi connectivity index (χ2n) is 11.4. The van der Waals surface area contributed by atoms with Crippen molar-refractivity contribution in [3.63, 3.8) is 0 Å². The zero-order valence-corrected chi connectivity index (χ0v) is 60.0. The Labute approximate surface area is 405 Å². The molecule has 2 aliphatic carbocycles. The van der Waals surface area contributed by atoms with E-state index in [9.17, 15) is 0 Å². The van der Waals surface area contributed by atoms with E-state index in [1.807, 2.05) is 0 Å². The molecule has 0 bridgehead atoms. The fraction of sp³-hybridized carbons (Fsp3) is 0.571. The zero-order valence-electron chi connectivity index (χ0n) is 24.8. The maximum atomic E-state index is 2.44. The Kier molecular flexibility index (Phi) is 49.7. The van der Waals surface area contributed by atoms with Crippen LogP contribution in [0.2, 0.25) is 0 Å². The first kappa shape index (κ1) is 65.1.